The van der Waals surface area contributed by atoms with E-state index in [0.717, 1.165) is 17.6 Å². The van der Waals surface area contributed by atoms with Crippen LogP contribution < -0.4 is 10.5 Å². The number of carbonyl (C=O) groups excluding carboxylic acids is 1. The minimum atomic E-state index is -0.359. The Kier molecular flexibility index (Phi) is 4.39. The summed E-state index contributed by atoms with van der Waals surface area (Å²) in [5.74, 6) is 0.504. The average Bonchev–Trinajstić information content (AvgIpc) is 3.32. The quantitative estimate of drug-likeness (QED) is 0.477. The summed E-state index contributed by atoms with van der Waals surface area (Å²) in [7, 11) is 1.69. The molecule has 0 saturated heterocycles. The summed E-state index contributed by atoms with van der Waals surface area (Å²) in [4.78, 5) is 27.9. The first kappa shape index (κ1) is 18.9. The van der Waals surface area contributed by atoms with Crippen molar-refractivity contribution >= 4 is 40.0 Å². The Morgan fingerprint density at radius 1 is 1.13 bits per heavy atom. The highest BCUT2D eigenvalue weighted by Gasteiger charge is 2.34. The van der Waals surface area contributed by atoms with Gasteiger partial charge in [0.2, 0.25) is 11.7 Å². The fourth-order valence-corrected chi connectivity index (χ4v) is 5.10. The van der Waals surface area contributed by atoms with Gasteiger partial charge >= 0.3 is 0 Å². The van der Waals surface area contributed by atoms with Gasteiger partial charge in [0.25, 0.3) is 5.56 Å². The summed E-state index contributed by atoms with van der Waals surface area (Å²) in [5.41, 5.74) is 2.81. The van der Waals surface area contributed by atoms with Gasteiger partial charge in [0, 0.05) is 18.8 Å². The molecule has 3 heterocycles. The lowest BCUT2D eigenvalue weighted by molar-refractivity contribution is -0.118. The van der Waals surface area contributed by atoms with E-state index in [0.29, 0.717) is 16.3 Å². The largest absolute Gasteiger partial charge is 0.308 e. The number of benzene rings is 2. The van der Waals surface area contributed by atoms with E-state index in [1.807, 2.05) is 52.6 Å². The van der Waals surface area contributed by atoms with Crippen molar-refractivity contribution in [3.63, 3.8) is 0 Å². The number of nitrogens with zero attached hydrogens (tertiary/aromatic N) is 5. The summed E-state index contributed by atoms with van der Waals surface area (Å²) < 4.78 is 3.34. The molecule has 2 aromatic heterocycles. The van der Waals surface area contributed by atoms with Crippen LogP contribution in [0.25, 0.3) is 16.7 Å². The van der Waals surface area contributed by atoms with Crippen LogP contribution in [0.5, 0.6) is 0 Å². The minimum absolute atomic E-state index is 0.0447. The van der Waals surface area contributed by atoms with Crippen molar-refractivity contribution in [3.05, 3.63) is 64.4 Å². The van der Waals surface area contributed by atoms with Crippen molar-refractivity contribution in [2.45, 2.75) is 36.7 Å². The monoisotopic (exact) mass is 419 g/mol. The summed E-state index contributed by atoms with van der Waals surface area (Å²) in [6, 6.07) is 15.6. The van der Waals surface area contributed by atoms with E-state index in [1.165, 1.54) is 21.9 Å². The normalized spacial score (nSPS) is 16.9. The number of anilines is 1. The molecule has 2 unspecified atom stereocenters. The molecule has 2 aromatic carbocycles. The molecule has 0 saturated carbocycles. The van der Waals surface area contributed by atoms with Crippen molar-refractivity contribution in [1.29, 1.82) is 0 Å². The molecular weight excluding hydrogens is 398 g/mol. The molecule has 152 valence electrons. The molecule has 1 amide bonds. The van der Waals surface area contributed by atoms with Crippen LogP contribution in [-0.2, 0) is 18.3 Å². The lowest BCUT2D eigenvalue weighted by Gasteiger charge is -2.25. The number of carbonyl (C=O) groups is 1. The van der Waals surface area contributed by atoms with Crippen LogP contribution in [-0.4, -0.2) is 36.4 Å². The highest BCUT2D eigenvalue weighted by atomic mass is 32.2. The van der Waals surface area contributed by atoms with Crippen molar-refractivity contribution < 1.29 is 4.79 Å². The number of hydrogen-bond donors (Lipinski definition) is 0. The molecule has 0 bridgehead atoms. The Morgan fingerprint density at radius 3 is 2.70 bits per heavy atom. The zero-order valence-corrected chi connectivity index (χ0v) is 17.8. The maximum Gasteiger partial charge on any atom is 0.262 e. The molecule has 1 aliphatic rings. The van der Waals surface area contributed by atoms with Gasteiger partial charge in [0.05, 0.1) is 16.2 Å². The fourth-order valence-electron chi connectivity index (χ4n) is 4.19. The zero-order chi connectivity index (χ0) is 21.0. The number of hydrogen-bond acceptors (Lipinski definition) is 5. The number of amides is 1. The first-order chi connectivity index (χ1) is 14.5. The standard InChI is InChI=1S/C22H21N5O2S/c1-13-12-15-8-4-6-10-17(15)26(13)19(28)14(2)30-22-24-23-21-25(3)20(29)16-9-5-7-11-18(16)27(21)22/h4-11,13-14H,12H2,1-3H3. The molecule has 4 aromatic rings. The molecule has 8 heteroatoms. The number of rotatable bonds is 3. The maximum atomic E-state index is 13.4. The summed E-state index contributed by atoms with van der Waals surface area (Å²) in [6.45, 7) is 3.97. The predicted molar refractivity (Wildman–Crippen MR) is 118 cm³/mol. The van der Waals surface area contributed by atoms with Crippen LogP contribution >= 0.6 is 11.8 Å². The lowest BCUT2D eigenvalue weighted by atomic mass is 10.1. The van der Waals surface area contributed by atoms with E-state index in [9.17, 15) is 9.59 Å². The van der Waals surface area contributed by atoms with E-state index in [-0.39, 0.29) is 22.8 Å². The number of fused-ring (bicyclic) bond motifs is 4. The molecule has 30 heavy (non-hydrogen) atoms. The molecule has 7 nitrogen and oxygen atoms in total. The summed E-state index contributed by atoms with van der Waals surface area (Å²) in [6.07, 6.45) is 0.861. The van der Waals surface area contributed by atoms with Gasteiger partial charge in [-0.3, -0.25) is 18.6 Å². The van der Waals surface area contributed by atoms with Gasteiger partial charge in [-0.1, -0.05) is 42.1 Å². The highest BCUT2D eigenvalue weighted by Crippen LogP contribution is 2.34. The number of thioether (sulfide) groups is 1. The summed E-state index contributed by atoms with van der Waals surface area (Å²) in [5, 5.41) is 9.35. The molecule has 0 aliphatic carbocycles. The molecular formula is C22H21N5O2S. The van der Waals surface area contributed by atoms with Gasteiger partial charge in [-0.2, -0.15) is 0 Å². The first-order valence-electron chi connectivity index (χ1n) is 9.88. The smallest absolute Gasteiger partial charge is 0.262 e. The van der Waals surface area contributed by atoms with Gasteiger partial charge < -0.3 is 4.90 Å². The second-order valence-electron chi connectivity index (χ2n) is 7.65. The molecule has 0 radical (unpaired) electrons. The molecule has 0 fully saturated rings. The third-order valence-corrected chi connectivity index (χ3v) is 6.70. The Morgan fingerprint density at radius 2 is 1.87 bits per heavy atom. The highest BCUT2D eigenvalue weighted by molar-refractivity contribution is 8.00. The maximum absolute atomic E-state index is 13.4. The van der Waals surface area contributed by atoms with E-state index < -0.39 is 0 Å². The van der Waals surface area contributed by atoms with Crippen LogP contribution in [0.15, 0.2) is 58.5 Å². The molecule has 2 atom stereocenters. The molecule has 5 rings (SSSR count). The number of aryl methyl sites for hydroxylation is 1. The Bertz CT molecular complexity index is 1360. The lowest BCUT2D eigenvalue weighted by Crippen LogP contribution is -2.40. The predicted octanol–water partition coefficient (Wildman–Crippen LogP) is 3.04. The van der Waals surface area contributed by atoms with Crippen LogP contribution in [0.1, 0.15) is 19.4 Å². The van der Waals surface area contributed by atoms with Gasteiger partial charge in [-0.05, 0) is 44.0 Å². The topological polar surface area (TPSA) is 72.5 Å². The molecule has 0 N–H and O–H groups in total. The van der Waals surface area contributed by atoms with Crippen LogP contribution in [0.3, 0.4) is 0 Å². The number of para-hydroxylation sites is 2. The van der Waals surface area contributed by atoms with Gasteiger partial charge in [0.15, 0.2) is 5.16 Å². The minimum Gasteiger partial charge on any atom is -0.308 e. The van der Waals surface area contributed by atoms with Crippen molar-refractivity contribution in [2.75, 3.05) is 4.90 Å². The Labute approximate surface area is 177 Å². The van der Waals surface area contributed by atoms with Crippen molar-refractivity contribution in [1.82, 2.24) is 19.2 Å². The summed E-state index contributed by atoms with van der Waals surface area (Å²) >= 11 is 1.36. The first-order valence-corrected chi connectivity index (χ1v) is 10.8. The van der Waals surface area contributed by atoms with Crippen molar-refractivity contribution in [3.8, 4) is 0 Å². The van der Waals surface area contributed by atoms with Crippen molar-refractivity contribution in [2.24, 2.45) is 7.05 Å². The molecule has 1 aliphatic heterocycles. The van der Waals surface area contributed by atoms with E-state index in [2.05, 4.69) is 23.2 Å². The third kappa shape index (κ3) is 2.74. The van der Waals surface area contributed by atoms with Gasteiger partial charge in [0.1, 0.15) is 0 Å². The van der Waals surface area contributed by atoms with E-state index in [4.69, 9.17) is 0 Å². The number of aromatic nitrogens is 4. The van der Waals surface area contributed by atoms with Crippen LogP contribution in [0.4, 0.5) is 5.69 Å². The van der Waals surface area contributed by atoms with Crippen LogP contribution in [0.2, 0.25) is 0 Å². The SMILES string of the molecule is CC(Sc1nnc2n(C)c(=O)c3ccccc3n12)C(=O)N1c2ccccc2CC1C. The second kappa shape index (κ2) is 6.98. The zero-order valence-electron chi connectivity index (χ0n) is 16.9. The molecule has 0 spiro atoms. The average molecular weight is 420 g/mol. The second-order valence-corrected chi connectivity index (χ2v) is 8.96. The van der Waals surface area contributed by atoms with Crippen LogP contribution in [0, 0.1) is 0 Å². The van der Waals surface area contributed by atoms with Gasteiger partial charge in [-0.25, -0.2) is 0 Å². The third-order valence-electron chi connectivity index (χ3n) is 5.67. The Hall–Kier alpha value is -3.13. The fraction of sp³-hybridized carbons (Fsp3) is 0.273. The van der Waals surface area contributed by atoms with Gasteiger partial charge in [-0.15, -0.1) is 10.2 Å². The Balaban J connectivity index is 1.54. The van der Waals surface area contributed by atoms with E-state index in [1.54, 1.807) is 13.1 Å². The van der Waals surface area contributed by atoms with E-state index >= 15 is 0 Å².